The highest BCUT2D eigenvalue weighted by Gasteiger charge is 2.23. The molecule has 0 spiro atoms. The molecular formula is C18H24N4O3S. The van der Waals surface area contributed by atoms with Crippen molar-refractivity contribution < 1.29 is 14.3 Å². The van der Waals surface area contributed by atoms with Gasteiger partial charge in [0.25, 0.3) is 0 Å². The van der Waals surface area contributed by atoms with E-state index in [1.54, 1.807) is 25.6 Å². The zero-order chi connectivity index (χ0) is 18.5. The van der Waals surface area contributed by atoms with Gasteiger partial charge < -0.3 is 24.6 Å². The van der Waals surface area contributed by atoms with E-state index in [9.17, 15) is 4.79 Å². The Morgan fingerprint density at radius 2 is 1.92 bits per heavy atom. The normalized spacial score (nSPS) is 15.5. The van der Waals surface area contributed by atoms with E-state index in [4.69, 9.17) is 9.47 Å². The average molecular weight is 376 g/mol. The number of amides is 2. The minimum Gasteiger partial charge on any atom is -0.493 e. The zero-order valence-corrected chi connectivity index (χ0v) is 16.1. The molecule has 1 N–H and O–H groups in total. The molecule has 1 fully saturated rings. The van der Waals surface area contributed by atoms with Crippen molar-refractivity contribution in [3.05, 3.63) is 35.3 Å². The van der Waals surface area contributed by atoms with E-state index in [2.05, 4.69) is 15.2 Å². The third-order valence-electron chi connectivity index (χ3n) is 4.50. The topological polar surface area (TPSA) is 66.9 Å². The molecular weight excluding hydrogens is 352 g/mol. The van der Waals surface area contributed by atoms with Crippen molar-refractivity contribution in [2.75, 3.05) is 45.3 Å². The summed E-state index contributed by atoms with van der Waals surface area (Å²) in [4.78, 5) is 21.0. The van der Waals surface area contributed by atoms with Crippen molar-refractivity contribution in [1.82, 2.24) is 15.2 Å². The molecule has 8 heteroatoms. The lowest BCUT2D eigenvalue weighted by Crippen LogP contribution is -2.52. The molecule has 2 amide bonds. The van der Waals surface area contributed by atoms with Gasteiger partial charge in [0.15, 0.2) is 16.6 Å². The monoisotopic (exact) mass is 376 g/mol. The predicted octanol–water partition coefficient (Wildman–Crippen LogP) is 2.75. The highest BCUT2D eigenvalue weighted by molar-refractivity contribution is 7.13. The number of methoxy groups -OCH3 is 2. The van der Waals surface area contributed by atoms with Crippen LogP contribution in [0.3, 0.4) is 0 Å². The molecule has 26 heavy (non-hydrogen) atoms. The number of aromatic nitrogens is 1. The van der Waals surface area contributed by atoms with Gasteiger partial charge in [0, 0.05) is 37.8 Å². The van der Waals surface area contributed by atoms with Crippen molar-refractivity contribution in [3.63, 3.8) is 0 Å². The first-order valence-electron chi connectivity index (χ1n) is 8.54. The molecule has 1 unspecified atom stereocenters. The molecule has 0 bridgehead atoms. The largest absolute Gasteiger partial charge is 0.493 e. The first kappa shape index (κ1) is 18.3. The summed E-state index contributed by atoms with van der Waals surface area (Å²) in [6.07, 6.45) is 1.81. The van der Waals surface area contributed by atoms with Crippen molar-refractivity contribution in [2.24, 2.45) is 0 Å². The van der Waals surface area contributed by atoms with E-state index in [-0.39, 0.29) is 12.1 Å². The van der Waals surface area contributed by atoms with Gasteiger partial charge in [-0.05, 0) is 24.6 Å². The first-order chi connectivity index (χ1) is 12.6. The van der Waals surface area contributed by atoms with Crippen LogP contribution in [0.15, 0.2) is 29.8 Å². The molecule has 2 heterocycles. The summed E-state index contributed by atoms with van der Waals surface area (Å²) < 4.78 is 10.6. The van der Waals surface area contributed by atoms with Crippen LogP contribution in [0.4, 0.5) is 9.93 Å². The Bertz CT molecular complexity index is 730. The third kappa shape index (κ3) is 4.01. The van der Waals surface area contributed by atoms with Gasteiger partial charge in [0.05, 0.1) is 20.3 Å². The number of ether oxygens (including phenoxy) is 2. The van der Waals surface area contributed by atoms with Crippen LogP contribution < -0.4 is 19.7 Å². The molecule has 1 atom stereocenters. The molecule has 1 aliphatic rings. The number of carbonyl (C=O) groups is 1. The van der Waals surface area contributed by atoms with Crippen LogP contribution in [0.5, 0.6) is 11.5 Å². The molecule has 0 radical (unpaired) electrons. The van der Waals surface area contributed by atoms with Crippen LogP contribution in [0.1, 0.15) is 18.5 Å². The van der Waals surface area contributed by atoms with E-state index in [1.807, 2.05) is 41.6 Å². The van der Waals surface area contributed by atoms with Gasteiger partial charge in [-0.1, -0.05) is 6.07 Å². The van der Waals surface area contributed by atoms with Gasteiger partial charge in [0.1, 0.15) is 0 Å². The standard InChI is InChI=1S/C18H24N4O3S/c1-13(14-4-5-15(24-2)16(12-14)25-3)20-17(23)21-7-9-22(10-8-21)18-19-6-11-26-18/h4-6,11-13H,7-10H2,1-3H3,(H,20,23). The summed E-state index contributed by atoms with van der Waals surface area (Å²) in [5, 5.41) is 6.05. The van der Waals surface area contributed by atoms with E-state index in [0.717, 1.165) is 23.8 Å². The lowest BCUT2D eigenvalue weighted by Gasteiger charge is -2.35. The Labute approximate surface area is 157 Å². The Morgan fingerprint density at radius 3 is 2.54 bits per heavy atom. The van der Waals surface area contributed by atoms with Gasteiger partial charge in [-0.25, -0.2) is 9.78 Å². The predicted molar refractivity (Wildman–Crippen MR) is 102 cm³/mol. The van der Waals surface area contributed by atoms with Crippen molar-refractivity contribution in [1.29, 1.82) is 0 Å². The maximum absolute atomic E-state index is 12.6. The summed E-state index contributed by atoms with van der Waals surface area (Å²) in [5.41, 5.74) is 0.970. The van der Waals surface area contributed by atoms with E-state index in [0.29, 0.717) is 24.6 Å². The SMILES string of the molecule is COc1ccc(C(C)NC(=O)N2CCN(c3nccs3)CC2)cc1OC. The van der Waals surface area contributed by atoms with Crippen LogP contribution in [0.25, 0.3) is 0 Å². The van der Waals surface area contributed by atoms with Gasteiger partial charge in [0.2, 0.25) is 0 Å². The van der Waals surface area contributed by atoms with Crippen LogP contribution in [-0.2, 0) is 0 Å². The number of anilines is 1. The fraction of sp³-hybridized carbons (Fsp3) is 0.444. The number of rotatable bonds is 5. The average Bonchev–Trinajstić information content (AvgIpc) is 3.22. The molecule has 1 aromatic carbocycles. The van der Waals surface area contributed by atoms with Gasteiger partial charge in [-0.15, -0.1) is 11.3 Å². The third-order valence-corrected chi connectivity index (χ3v) is 5.34. The molecule has 1 aromatic heterocycles. The van der Waals surface area contributed by atoms with Crippen molar-refractivity contribution in [3.8, 4) is 11.5 Å². The van der Waals surface area contributed by atoms with Crippen molar-refractivity contribution >= 4 is 22.5 Å². The molecule has 0 aliphatic carbocycles. The number of urea groups is 1. The molecule has 1 saturated heterocycles. The molecule has 7 nitrogen and oxygen atoms in total. The molecule has 140 valence electrons. The Hall–Kier alpha value is -2.48. The summed E-state index contributed by atoms with van der Waals surface area (Å²) in [6, 6.07) is 5.51. The summed E-state index contributed by atoms with van der Waals surface area (Å²) in [7, 11) is 3.21. The Kier molecular flexibility index (Phi) is 5.82. The minimum absolute atomic E-state index is 0.0499. The summed E-state index contributed by atoms with van der Waals surface area (Å²) >= 11 is 1.63. The lowest BCUT2D eigenvalue weighted by molar-refractivity contribution is 0.191. The van der Waals surface area contributed by atoms with Crippen LogP contribution in [0, 0.1) is 0 Å². The second-order valence-corrected chi connectivity index (χ2v) is 6.95. The first-order valence-corrected chi connectivity index (χ1v) is 9.42. The Morgan fingerprint density at radius 1 is 1.19 bits per heavy atom. The quantitative estimate of drug-likeness (QED) is 0.869. The van der Waals surface area contributed by atoms with Gasteiger partial charge >= 0.3 is 6.03 Å². The van der Waals surface area contributed by atoms with Crippen LogP contribution in [-0.4, -0.2) is 56.3 Å². The number of carbonyl (C=O) groups excluding carboxylic acids is 1. The second kappa shape index (κ2) is 8.27. The number of nitrogens with one attached hydrogen (secondary N) is 1. The van der Waals surface area contributed by atoms with Gasteiger partial charge in [-0.3, -0.25) is 0 Å². The number of hydrogen-bond donors (Lipinski definition) is 1. The fourth-order valence-corrected chi connectivity index (χ4v) is 3.65. The Balaban J connectivity index is 1.56. The molecule has 1 aliphatic heterocycles. The molecule has 2 aromatic rings. The second-order valence-electron chi connectivity index (χ2n) is 6.07. The lowest BCUT2D eigenvalue weighted by atomic mass is 10.1. The highest BCUT2D eigenvalue weighted by atomic mass is 32.1. The number of thiazole rings is 1. The molecule has 3 rings (SSSR count). The number of benzene rings is 1. The van der Waals surface area contributed by atoms with E-state index < -0.39 is 0 Å². The highest BCUT2D eigenvalue weighted by Crippen LogP contribution is 2.30. The van der Waals surface area contributed by atoms with Crippen molar-refractivity contribution in [2.45, 2.75) is 13.0 Å². The zero-order valence-electron chi connectivity index (χ0n) is 15.3. The van der Waals surface area contributed by atoms with Gasteiger partial charge in [-0.2, -0.15) is 0 Å². The van der Waals surface area contributed by atoms with Crippen LogP contribution in [0.2, 0.25) is 0 Å². The summed E-state index contributed by atoms with van der Waals surface area (Å²) in [5.74, 6) is 1.33. The smallest absolute Gasteiger partial charge is 0.317 e. The van der Waals surface area contributed by atoms with E-state index in [1.165, 1.54) is 0 Å². The maximum atomic E-state index is 12.6. The summed E-state index contributed by atoms with van der Waals surface area (Å²) in [6.45, 7) is 4.93. The molecule has 0 saturated carbocycles. The maximum Gasteiger partial charge on any atom is 0.317 e. The number of piperazine rings is 1. The number of nitrogens with zero attached hydrogens (tertiary/aromatic N) is 3. The van der Waals surface area contributed by atoms with Crippen LogP contribution >= 0.6 is 11.3 Å². The fourth-order valence-electron chi connectivity index (χ4n) is 2.95. The van der Waals surface area contributed by atoms with E-state index >= 15 is 0 Å². The number of hydrogen-bond acceptors (Lipinski definition) is 6. The minimum atomic E-state index is -0.126.